The number of alkyl halides is 6. The van der Waals surface area contributed by atoms with E-state index >= 15 is 0 Å². The average molecular weight is 513 g/mol. The lowest BCUT2D eigenvalue weighted by molar-refractivity contribution is -0.139. The summed E-state index contributed by atoms with van der Waals surface area (Å²) in [7, 11) is 0. The quantitative estimate of drug-likeness (QED) is 0.333. The molecule has 0 fully saturated rings. The first-order chi connectivity index (χ1) is 13.2. The number of hydrogen-bond acceptors (Lipinski definition) is 1. The first-order valence-electron chi connectivity index (χ1n) is 7.62. The van der Waals surface area contributed by atoms with Gasteiger partial charge in [0.25, 0.3) is 0 Å². The van der Waals surface area contributed by atoms with Crippen LogP contribution in [0.3, 0.4) is 0 Å². The van der Waals surface area contributed by atoms with E-state index in [4.69, 9.17) is 40.5 Å². The fraction of sp³-hybridized carbons (Fsp3) is 0.167. The van der Waals surface area contributed by atoms with Crippen LogP contribution in [0.1, 0.15) is 33.0 Å². The minimum absolute atomic E-state index is 0. The predicted molar refractivity (Wildman–Crippen MR) is 107 cm³/mol. The van der Waals surface area contributed by atoms with Crippen LogP contribution >= 0.6 is 47.2 Å². The molecule has 30 heavy (non-hydrogen) atoms. The molecule has 12 heteroatoms. The van der Waals surface area contributed by atoms with E-state index < -0.39 is 35.3 Å². The van der Waals surface area contributed by atoms with Crippen molar-refractivity contribution in [3.63, 3.8) is 0 Å². The van der Waals surface area contributed by atoms with Crippen LogP contribution in [0.4, 0.5) is 26.3 Å². The summed E-state index contributed by atoms with van der Waals surface area (Å²) < 4.78 is 79.8. The van der Waals surface area contributed by atoms with Gasteiger partial charge in [0.2, 0.25) is 5.91 Å². The summed E-state index contributed by atoms with van der Waals surface area (Å²) in [6.07, 6.45) is -8.23. The normalized spacial score (nSPS) is 13.2. The molecule has 2 aromatic carbocycles. The summed E-state index contributed by atoms with van der Waals surface area (Å²) >= 11 is 17.3. The summed E-state index contributed by atoms with van der Waals surface area (Å²) in [4.78, 5) is 11.2. The van der Waals surface area contributed by atoms with Crippen molar-refractivity contribution in [3.05, 3.63) is 73.7 Å². The van der Waals surface area contributed by atoms with E-state index in [2.05, 4.69) is 0 Å². The van der Waals surface area contributed by atoms with Crippen LogP contribution in [-0.2, 0) is 6.18 Å². The van der Waals surface area contributed by atoms with Gasteiger partial charge < -0.3 is 5.73 Å². The van der Waals surface area contributed by atoms with E-state index in [0.717, 1.165) is 30.3 Å². The van der Waals surface area contributed by atoms with Gasteiger partial charge in [-0.25, -0.2) is 0 Å². The minimum Gasteiger partial charge on any atom is -0.366 e. The maximum absolute atomic E-state index is 13.5. The highest BCUT2D eigenvalue weighted by Crippen LogP contribution is 2.41. The lowest BCUT2D eigenvalue weighted by Gasteiger charge is -2.18. The molecule has 2 N–H and O–H groups in total. The molecule has 0 saturated heterocycles. The smallest absolute Gasteiger partial charge is 0.366 e. The van der Waals surface area contributed by atoms with Crippen LogP contribution in [-0.4, -0.2) is 12.1 Å². The zero-order valence-electron chi connectivity index (χ0n) is 14.4. The Morgan fingerprint density at radius 2 is 1.50 bits per heavy atom. The molecule has 2 nitrogen and oxygen atoms in total. The summed E-state index contributed by atoms with van der Waals surface area (Å²) in [6.45, 7) is 0. The lowest BCUT2D eigenvalue weighted by Crippen LogP contribution is -2.19. The van der Waals surface area contributed by atoms with E-state index in [0.29, 0.717) is 12.1 Å². The van der Waals surface area contributed by atoms with Crippen LogP contribution < -0.4 is 5.73 Å². The van der Waals surface area contributed by atoms with E-state index in [1.165, 1.54) is 0 Å². The van der Waals surface area contributed by atoms with E-state index in [1.807, 2.05) is 0 Å². The Bertz CT molecular complexity index is 949. The van der Waals surface area contributed by atoms with Crippen molar-refractivity contribution in [2.45, 2.75) is 18.3 Å². The Hall–Kier alpha value is -1.61. The van der Waals surface area contributed by atoms with Crippen LogP contribution in [0.25, 0.3) is 6.08 Å². The van der Waals surface area contributed by atoms with Crippen molar-refractivity contribution < 1.29 is 31.1 Å². The van der Waals surface area contributed by atoms with Crippen LogP contribution in [0, 0.1) is 0 Å². The van der Waals surface area contributed by atoms with Crippen LogP contribution in [0.5, 0.6) is 0 Å². The molecule has 2 aromatic rings. The fourth-order valence-electron chi connectivity index (χ4n) is 2.49. The van der Waals surface area contributed by atoms with Crippen LogP contribution in [0.2, 0.25) is 15.1 Å². The number of benzene rings is 2. The van der Waals surface area contributed by atoms with Crippen molar-refractivity contribution >= 4 is 59.2 Å². The number of amides is 1. The molecule has 0 aliphatic rings. The number of halogens is 10. The molecular formula is C18H11Cl4F6NO. The van der Waals surface area contributed by atoms with Crippen molar-refractivity contribution in [2.75, 3.05) is 0 Å². The molecule has 0 radical (unpaired) electrons. The van der Waals surface area contributed by atoms with Gasteiger partial charge in [0.15, 0.2) is 0 Å². The Kier molecular flexibility index (Phi) is 8.53. The van der Waals surface area contributed by atoms with Crippen LogP contribution in [0.15, 0.2) is 36.4 Å². The number of rotatable bonds is 4. The first-order valence-corrected chi connectivity index (χ1v) is 8.75. The molecular weight excluding hydrogens is 502 g/mol. The molecule has 0 aliphatic heterocycles. The molecule has 0 saturated carbocycles. The Balaban J connectivity index is 0.00000450. The predicted octanol–water partition coefficient (Wildman–Crippen LogP) is 7.55. The topological polar surface area (TPSA) is 43.1 Å². The maximum atomic E-state index is 13.5. The number of allylic oxidation sites excluding steroid dienone is 1. The highest BCUT2D eigenvalue weighted by Gasteiger charge is 2.39. The van der Waals surface area contributed by atoms with Crippen molar-refractivity contribution in [1.82, 2.24) is 0 Å². The average Bonchev–Trinajstić information content (AvgIpc) is 2.57. The van der Waals surface area contributed by atoms with Gasteiger partial charge in [0, 0.05) is 0 Å². The standard InChI is InChI=1S/C18H10Cl3F6NO.ClH/c19-13-6-9(7-14(20)15(13)21)11(17(22,23)24)4-2-8-1-3-10(16(28)29)12(5-8)18(25,26)27;/h1-7,11H,(H2,28,29);1H. The van der Waals surface area contributed by atoms with E-state index in [9.17, 15) is 31.1 Å². The lowest BCUT2D eigenvalue weighted by atomic mass is 9.96. The van der Waals surface area contributed by atoms with Gasteiger partial charge >= 0.3 is 12.4 Å². The summed E-state index contributed by atoms with van der Waals surface area (Å²) in [5, 5.41) is -0.539. The summed E-state index contributed by atoms with van der Waals surface area (Å²) in [6, 6.07) is 4.31. The largest absolute Gasteiger partial charge is 0.417 e. The van der Waals surface area contributed by atoms with Gasteiger partial charge in [-0.05, 0) is 35.4 Å². The third-order valence-electron chi connectivity index (χ3n) is 3.81. The van der Waals surface area contributed by atoms with Crippen molar-refractivity contribution in [3.8, 4) is 0 Å². The second kappa shape index (κ2) is 9.68. The highest BCUT2D eigenvalue weighted by atomic mass is 35.5. The van der Waals surface area contributed by atoms with Gasteiger partial charge in [-0.15, -0.1) is 12.4 Å². The first kappa shape index (κ1) is 26.4. The number of hydrogen-bond donors (Lipinski definition) is 1. The van der Waals surface area contributed by atoms with Gasteiger partial charge in [-0.2, -0.15) is 26.3 Å². The molecule has 1 amide bonds. The van der Waals surface area contributed by atoms with Crippen molar-refractivity contribution in [1.29, 1.82) is 0 Å². The van der Waals surface area contributed by atoms with E-state index in [1.54, 1.807) is 0 Å². The van der Waals surface area contributed by atoms with E-state index in [-0.39, 0.29) is 38.6 Å². The monoisotopic (exact) mass is 511 g/mol. The number of carbonyl (C=O) groups excluding carboxylic acids is 1. The van der Waals surface area contributed by atoms with Crippen molar-refractivity contribution in [2.24, 2.45) is 5.73 Å². The molecule has 0 aliphatic carbocycles. The summed E-state index contributed by atoms with van der Waals surface area (Å²) in [5.74, 6) is -3.54. The summed E-state index contributed by atoms with van der Waals surface area (Å²) in [5.41, 5.74) is 2.20. The zero-order chi connectivity index (χ0) is 22.1. The highest BCUT2D eigenvalue weighted by molar-refractivity contribution is 6.48. The SMILES string of the molecule is Cl.NC(=O)c1ccc(C=CC(c2cc(Cl)c(Cl)c(Cl)c2)C(F)(F)F)cc1C(F)(F)F. The Morgan fingerprint density at radius 1 is 0.967 bits per heavy atom. The molecule has 0 aromatic heterocycles. The third-order valence-corrected chi connectivity index (χ3v) is 5.01. The van der Waals surface area contributed by atoms with Gasteiger partial charge in [0.05, 0.1) is 32.1 Å². The molecule has 0 heterocycles. The second-order valence-corrected chi connectivity index (χ2v) is 7.04. The molecule has 1 unspecified atom stereocenters. The maximum Gasteiger partial charge on any atom is 0.417 e. The van der Waals surface area contributed by atoms with Gasteiger partial charge in [-0.1, -0.05) is 53.0 Å². The molecule has 0 bridgehead atoms. The number of nitrogens with two attached hydrogens (primary N) is 1. The number of carbonyl (C=O) groups is 1. The third kappa shape index (κ3) is 6.20. The Morgan fingerprint density at radius 3 is 1.93 bits per heavy atom. The molecule has 164 valence electrons. The van der Waals surface area contributed by atoms with Gasteiger partial charge in [-0.3, -0.25) is 4.79 Å². The molecule has 0 spiro atoms. The fourth-order valence-corrected chi connectivity index (χ4v) is 3.10. The van der Waals surface area contributed by atoms with Gasteiger partial charge in [0.1, 0.15) is 0 Å². The minimum atomic E-state index is -4.92. The Labute approximate surface area is 188 Å². The zero-order valence-corrected chi connectivity index (χ0v) is 17.5. The molecule has 2 rings (SSSR count). The second-order valence-electron chi connectivity index (χ2n) is 5.84. The molecule has 1 atom stereocenters. The number of primary amides is 1.